The van der Waals surface area contributed by atoms with Crippen LogP contribution in [-0.2, 0) is 11.3 Å². The van der Waals surface area contributed by atoms with Crippen molar-refractivity contribution in [2.75, 3.05) is 18.2 Å². The van der Waals surface area contributed by atoms with E-state index in [0.717, 1.165) is 10.2 Å². The normalized spacial score (nSPS) is 10.7. The predicted molar refractivity (Wildman–Crippen MR) is 149 cm³/mol. The third-order valence-corrected chi connectivity index (χ3v) is 7.09. The minimum absolute atomic E-state index is 0.0728. The number of ether oxygens (including phenoxy) is 1. The zero-order valence-corrected chi connectivity index (χ0v) is 23.3. The number of nitrogens with zero attached hydrogens (tertiary/aromatic N) is 3. The molecule has 8 nitrogen and oxygen atoms in total. The lowest BCUT2D eigenvalue weighted by atomic mass is 10.2. The van der Waals surface area contributed by atoms with Gasteiger partial charge in [0.25, 0.3) is 5.91 Å². The third kappa shape index (κ3) is 7.04. The van der Waals surface area contributed by atoms with Gasteiger partial charge >= 0.3 is 0 Å². The molecule has 4 aromatic rings. The summed E-state index contributed by atoms with van der Waals surface area (Å²) in [6.07, 6.45) is 0. The van der Waals surface area contributed by atoms with Crippen LogP contribution in [0.2, 0.25) is 10.0 Å². The first-order valence-corrected chi connectivity index (χ1v) is 13.4. The van der Waals surface area contributed by atoms with Crippen molar-refractivity contribution in [2.45, 2.75) is 11.7 Å². The van der Waals surface area contributed by atoms with Gasteiger partial charge in [0.1, 0.15) is 5.75 Å². The number of halogens is 3. The zero-order valence-electron chi connectivity index (χ0n) is 19.4. The molecule has 0 aliphatic heterocycles. The number of thioether (sulfide) groups is 1. The Labute approximate surface area is 235 Å². The monoisotopic (exact) mass is 619 g/mol. The number of methoxy groups -OCH3 is 1. The summed E-state index contributed by atoms with van der Waals surface area (Å²) in [5.41, 5.74) is 1.69. The van der Waals surface area contributed by atoms with E-state index in [2.05, 4.69) is 36.8 Å². The van der Waals surface area contributed by atoms with Crippen LogP contribution in [0.5, 0.6) is 5.75 Å². The molecule has 190 valence electrons. The molecule has 0 atom stereocenters. The molecule has 0 saturated carbocycles. The fourth-order valence-electron chi connectivity index (χ4n) is 3.29. The standard InChI is InChI=1S/C25H20BrCl2N5O3S/c1-36-19-9-5-17(6-10-19)30-23(34)14-37-25-32-31-22(33(25)18-7-2-15(26)3-8-18)13-29-24(35)20-12-16(27)4-11-21(20)28/h2-12H,13-14H2,1H3,(H,29,35)(H,30,34). The van der Waals surface area contributed by atoms with Crippen LogP contribution in [0.3, 0.4) is 0 Å². The van der Waals surface area contributed by atoms with Gasteiger partial charge in [-0.3, -0.25) is 14.2 Å². The molecule has 0 bridgehead atoms. The molecule has 0 radical (unpaired) electrons. The van der Waals surface area contributed by atoms with Crippen molar-refractivity contribution in [2.24, 2.45) is 0 Å². The highest BCUT2D eigenvalue weighted by Gasteiger charge is 2.18. The molecule has 2 amide bonds. The van der Waals surface area contributed by atoms with E-state index in [0.29, 0.717) is 27.4 Å². The minimum atomic E-state index is -0.397. The lowest BCUT2D eigenvalue weighted by Gasteiger charge is -2.12. The SMILES string of the molecule is COc1ccc(NC(=O)CSc2nnc(CNC(=O)c3cc(Cl)ccc3Cl)n2-c2ccc(Br)cc2)cc1. The van der Waals surface area contributed by atoms with Gasteiger partial charge < -0.3 is 15.4 Å². The highest BCUT2D eigenvalue weighted by Crippen LogP contribution is 2.25. The van der Waals surface area contributed by atoms with Crippen molar-refractivity contribution in [3.05, 3.63) is 92.6 Å². The summed E-state index contributed by atoms with van der Waals surface area (Å²) in [4.78, 5) is 25.3. The van der Waals surface area contributed by atoms with E-state index < -0.39 is 5.91 Å². The Morgan fingerprint density at radius 2 is 1.76 bits per heavy atom. The first kappa shape index (κ1) is 27.0. The van der Waals surface area contributed by atoms with Crippen molar-refractivity contribution >= 4 is 68.4 Å². The number of anilines is 1. The van der Waals surface area contributed by atoms with Gasteiger partial charge in [-0.25, -0.2) is 0 Å². The summed E-state index contributed by atoms with van der Waals surface area (Å²) < 4.78 is 7.83. The van der Waals surface area contributed by atoms with Gasteiger partial charge in [-0.1, -0.05) is 50.9 Å². The lowest BCUT2D eigenvalue weighted by molar-refractivity contribution is -0.113. The van der Waals surface area contributed by atoms with E-state index in [1.165, 1.54) is 17.8 Å². The average molecular weight is 621 g/mol. The number of hydrogen-bond acceptors (Lipinski definition) is 6. The van der Waals surface area contributed by atoms with Crippen LogP contribution in [-0.4, -0.2) is 39.4 Å². The number of hydrogen-bond donors (Lipinski definition) is 2. The quantitative estimate of drug-likeness (QED) is 0.223. The van der Waals surface area contributed by atoms with Crippen LogP contribution in [0.1, 0.15) is 16.2 Å². The Morgan fingerprint density at radius 1 is 1.03 bits per heavy atom. The van der Waals surface area contributed by atoms with Gasteiger partial charge in [0, 0.05) is 20.9 Å². The van der Waals surface area contributed by atoms with Gasteiger partial charge in [-0.2, -0.15) is 0 Å². The molecule has 3 aromatic carbocycles. The van der Waals surface area contributed by atoms with Gasteiger partial charge in [0.15, 0.2) is 11.0 Å². The molecular formula is C25H20BrCl2N5O3S. The van der Waals surface area contributed by atoms with Gasteiger partial charge in [0.05, 0.1) is 30.0 Å². The van der Waals surface area contributed by atoms with Gasteiger partial charge in [0.2, 0.25) is 5.91 Å². The number of carbonyl (C=O) groups excluding carboxylic acids is 2. The third-order valence-electron chi connectivity index (χ3n) is 5.07. The second kappa shape index (κ2) is 12.5. The van der Waals surface area contributed by atoms with Crippen LogP contribution in [0.4, 0.5) is 5.69 Å². The fraction of sp³-hybridized carbons (Fsp3) is 0.120. The Morgan fingerprint density at radius 3 is 2.46 bits per heavy atom. The summed E-state index contributed by atoms with van der Waals surface area (Å²) in [7, 11) is 1.58. The Hall–Kier alpha value is -3.05. The van der Waals surface area contributed by atoms with E-state index in [9.17, 15) is 9.59 Å². The molecule has 37 heavy (non-hydrogen) atoms. The highest BCUT2D eigenvalue weighted by molar-refractivity contribution is 9.10. The maximum atomic E-state index is 12.7. The van der Waals surface area contributed by atoms with Crippen molar-refractivity contribution < 1.29 is 14.3 Å². The molecule has 12 heteroatoms. The summed E-state index contributed by atoms with van der Waals surface area (Å²) in [6.45, 7) is 0.0728. The molecule has 0 saturated heterocycles. The summed E-state index contributed by atoms with van der Waals surface area (Å²) in [5.74, 6) is 0.682. The van der Waals surface area contributed by atoms with Crippen molar-refractivity contribution in [1.82, 2.24) is 20.1 Å². The zero-order chi connectivity index (χ0) is 26.4. The molecule has 1 heterocycles. The number of nitrogens with one attached hydrogen (secondary N) is 2. The summed E-state index contributed by atoms with van der Waals surface area (Å²) in [5, 5.41) is 15.4. The fourth-order valence-corrected chi connectivity index (χ4v) is 4.70. The van der Waals surface area contributed by atoms with E-state index in [1.54, 1.807) is 48.1 Å². The number of carbonyl (C=O) groups is 2. The van der Waals surface area contributed by atoms with E-state index in [-0.39, 0.29) is 28.8 Å². The van der Waals surface area contributed by atoms with Crippen LogP contribution in [0.25, 0.3) is 5.69 Å². The lowest BCUT2D eigenvalue weighted by Crippen LogP contribution is -2.25. The van der Waals surface area contributed by atoms with E-state index in [4.69, 9.17) is 27.9 Å². The maximum absolute atomic E-state index is 12.7. The minimum Gasteiger partial charge on any atom is -0.497 e. The second-order valence-electron chi connectivity index (χ2n) is 7.58. The molecule has 0 spiro atoms. The smallest absolute Gasteiger partial charge is 0.253 e. The first-order valence-electron chi connectivity index (χ1n) is 10.8. The Balaban J connectivity index is 1.49. The van der Waals surface area contributed by atoms with Gasteiger partial charge in [-0.05, 0) is 66.7 Å². The molecule has 2 N–H and O–H groups in total. The number of aromatic nitrogens is 3. The van der Waals surface area contributed by atoms with E-state index >= 15 is 0 Å². The molecule has 0 aliphatic carbocycles. The van der Waals surface area contributed by atoms with Crippen LogP contribution in [0, 0.1) is 0 Å². The summed E-state index contributed by atoms with van der Waals surface area (Å²) in [6, 6.07) is 19.3. The summed E-state index contributed by atoms with van der Waals surface area (Å²) >= 11 is 16.8. The predicted octanol–water partition coefficient (Wildman–Crippen LogP) is 6.01. The van der Waals surface area contributed by atoms with Crippen LogP contribution in [0.15, 0.2) is 76.4 Å². The van der Waals surface area contributed by atoms with Crippen molar-refractivity contribution in [1.29, 1.82) is 0 Å². The first-order chi connectivity index (χ1) is 17.8. The topological polar surface area (TPSA) is 98.1 Å². The number of rotatable bonds is 9. The number of amides is 2. The number of benzene rings is 3. The molecule has 4 rings (SSSR count). The molecule has 1 aromatic heterocycles. The molecule has 0 aliphatic rings. The molecule has 0 unspecified atom stereocenters. The molecular weight excluding hydrogens is 601 g/mol. The Bertz CT molecular complexity index is 1420. The van der Waals surface area contributed by atoms with Crippen molar-refractivity contribution in [3.63, 3.8) is 0 Å². The van der Waals surface area contributed by atoms with Crippen molar-refractivity contribution in [3.8, 4) is 11.4 Å². The highest BCUT2D eigenvalue weighted by atomic mass is 79.9. The molecule has 0 fully saturated rings. The Kier molecular flexibility index (Phi) is 9.09. The average Bonchev–Trinajstić information content (AvgIpc) is 3.31. The largest absolute Gasteiger partial charge is 0.497 e. The van der Waals surface area contributed by atoms with Gasteiger partial charge in [-0.15, -0.1) is 10.2 Å². The van der Waals surface area contributed by atoms with Crippen LogP contribution >= 0.6 is 50.9 Å². The second-order valence-corrected chi connectivity index (χ2v) is 10.3. The van der Waals surface area contributed by atoms with E-state index in [1.807, 2.05) is 24.3 Å². The maximum Gasteiger partial charge on any atom is 0.253 e. The van der Waals surface area contributed by atoms with Crippen LogP contribution < -0.4 is 15.4 Å².